The average molecular weight is 362 g/mol. The van der Waals surface area contributed by atoms with E-state index in [4.69, 9.17) is 4.74 Å². The van der Waals surface area contributed by atoms with Crippen LogP contribution in [-0.4, -0.2) is 28.6 Å². The minimum atomic E-state index is -0.247. The molecule has 3 N–H and O–H groups in total. The summed E-state index contributed by atoms with van der Waals surface area (Å²) in [4.78, 5) is 23.6. The lowest BCUT2D eigenvalue weighted by Gasteiger charge is -2.17. The van der Waals surface area contributed by atoms with Crippen LogP contribution in [0.5, 0.6) is 5.75 Å². The first-order chi connectivity index (χ1) is 13.2. The number of anilines is 2. The number of aromatic amines is 1. The summed E-state index contributed by atoms with van der Waals surface area (Å²) < 4.78 is 5.59. The number of fused-ring (bicyclic) bond motifs is 1. The molecule has 1 aliphatic rings. The fraction of sp³-hybridized carbons (Fsp3) is 0.150. The van der Waals surface area contributed by atoms with Crippen molar-refractivity contribution in [2.45, 2.75) is 12.8 Å². The highest BCUT2D eigenvalue weighted by Crippen LogP contribution is 2.27. The van der Waals surface area contributed by atoms with E-state index in [0.717, 1.165) is 22.5 Å². The van der Waals surface area contributed by atoms with E-state index >= 15 is 0 Å². The Bertz CT molecular complexity index is 983. The van der Waals surface area contributed by atoms with Crippen molar-refractivity contribution in [3.63, 3.8) is 0 Å². The Balaban J connectivity index is 1.36. The smallest absolute Gasteiger partial charge is 0.262 e. The number of carbonyl (C=O) groups is 2. The Hall–Kier alpha value is -3.61. The summed E-state index contributed by atoms with van der Waals surface area (Å²) in [5.74, 6) is 0.377. The van der Waals surface area contributed by atoms with Gasteiger partial charge in [-0.05, 0) is 48.4 Å². The zero-order valence-electron chi connectivity index (χ0n) is 14.5. The van der Waals surface area contributed by atoms with Gasteiger partial charge in [-0.1, -0.05) is 12.1 Å². The van der Waals surface area contributed by atoms with Gasteiger partial charge in [0.1, 0.15) is 5.75 Å². The summed E-state index contributed by atoms with van der Waals surface area (Å²) >= 11 is 0. The zero-order chi connectivity index (χ0) is 18.6. The quantitative estimate of drug-likeness (QED) is 0.650. The van der Waals surface area contributed by atoms with E-state index in [2.05, 4.69) is 20.8 Å². The van der Waals surface area contributed by atoms with Gasteiger partial charge in [-0.15, -0.1) is 0 Å². The van der Waals surface area contributed by atoms with Crippen LogP contribution in [0.1, 0.15) is 12.0 Å². The van der Waals surface area contributed by atoms with Gasteiger partial charge in [0.2, 0.25) is 5.91 Å². The van der Waals surface area contributed by atoms with Crippen LogP contribution in [0.4, 0.5) is 11.4 Å². The van der Waals surface area contributed by atoms with Crippen LogP contribution in [0, 0.1) is 0 Å². The van der Waals surface area contributed by atoms with Crippen molar-refractivity contribution in [2.24, 2.45) is 0 Å². The highest BCUT2D eigenvalue weighted by molar-refractivity contribution is 5.94. The molecule has 0 radical (unpaired) electrons. The number of nitrogens with one attached hydrogen (secondary N) is 3. The van der Waals surface area contributed by atoms with Gasteiger partial charge in [0.25, 0.3) is 5.91 Å². The number of carbonyl (C=O) groups excluding carboxylic acids is 2. The lowest BCUT2D eigenvalue weighted by Crippen LogP contribution is -2.21. The maximum absolute atomic E-state index is 12.2. The van der Waals surface area contributed by atoms with Gasteiger partial charge in [-0.2, -0.15) is 5.10 Å². The van der Waals surface area contributed by atoms with Gasteiger partial charge in [0.15, 0.2) is 6.61 Å². The zero-order valence-corrected chi connectivity index (χ0v) is 14.5. The first-order valence-corrected chi connectivity index (χ1v) is 8.62. The van der Waals surface area contributed by atoms with Gasteiger partial charge in [0, 0.05) is 29.6 Å². The molecule has 0 unspecified atom stereocenters. The topological polar surface area (TPSA) is 96.1 Å². The van der Waals surface area contributed by atoms with E-state index < -0.39 is 0 Å². The number of rotatable bonds is 5. The fourth-order valence-corrected chi connectivity index (χ4v) is 2.98. The number of benzene rings is 2. The van der Waals surface area contributed by atoms with Crippen molar-refractivity contribution in [2.75, 3.05) is 17.2 Å². The van der Waals surface area contributed by atoms with Gasteiger partial charge in [-0.25, -0.2) is 0 Å². The molecule has 0 atom stereocenters. The number of nitrogens with zero attached hydrogens (tertiary/aromatic N) is 1. The van der Waals surface area contributed by atoms with Crippen molar-refractivity contribution in [3.05, 3.63) is 60.3 Å². The van der Waals surface area contributed by atoms with Crippen molar-refractivity contribution in [1.29, 1.82) is 0 Å². The largest absolute Gasteiger partial charge is 0.484 e. The molecule has 2 heterocycles. The summed E-state index contributed by atoms with van der Waals surface area (Å²) in [6.07, 6.45) is 2.81. The molecular formula is C20H18N4O3. The number of hydrogen-bond acceptors (Lipinski definition) is 4. The summed E-state index contributed by atoms with van der Waals surface area (Å²) in [6.45, 7) is -0.0978. The Morgan fingerprint density at radius 3 is 2.93 bits per heavy atom. The fourth-order valence-electron chi connectivity index (χ4n) is 2.98. The molecule has 0 saturated carbocycles. The Kier molecular flexibility index (Phi) is 4.57. The van der Waals surface area contributed by atoms with Crippen molar-refractivity contribution >= 4 is 23.2 Å². The molecule has 0 bridgehead atoms. The van der Waals surface area contributed by atoms with Crippen LogP contribution >= 0.6 is 0 Å². The SMILES string of the molecule is O=C(COc1ccc2c(c1)CCC(=O)N2)Nc1cccc(-c2ccn[nH]2)c1. The third-order valence-electron chi connectivity index (χ3n) is 4.30. The Labute approximate surface area is 155 Å². The Morgan fingerprint density at radius 2 is 2.07 bits per heavy atom. The molecule has 7 heteroatoms. The number of amides is 2. The van der Waals surface area contributed by atoms with Gasteiger partial charge >= 0.3 is 0 Å². The Morgan fingerprint density at radius 1 is 1.15 bits per heavy atom. The molecule has 0 spiro atoms. The van der Waals surface area contributed by atoms with Crippen molar-refractivity contribution in [3.8, 4) is 17.0 Å². The summed E-state index contributed by atoms with van der Waals surface area (Å²) in [6, 6.07) is 14.8. The second-order valence-electron chi connectivity index (χ2n) is 6.26. The normalized spacial score (nSPS) is 12.8. The number of aryl methyl sites for hydroxylation is 1. The minimum absolute atomic E-state index is 0.0212. The molecule has 1 aliphatic heterocycles. The van der Waals surface area contributed by atoms with E-state index in [1.165, 1.54) is 0 Å². The highest BCUT2D eigenvalue weighted by Gasteiger charge is 2.15. The molecule has 2 amide bonds. The molecule has 0 saturated heterocycles. The molecule has 3 aromatic rings. The van der Waals surface area contributed by atoms with E-state index in [-0.39, 0.29) is 18.4 Å². The number of hydrogen-bond donors (Lipinski definition) is 3. The van der Waals surface area contributed by atoms with Gasteiger partial charge < -0.3 is 15.4 Å². The van der Waals surface area contributed by atoms with Crippen LogP contribution in [0.25, 0.3) is 11.3 Å². The minimum Gasteiger partial charge on any atom is -0.484 e. The maximum Gasteiger partial charge on any atom is 0.262 e. The molecule has 2 aromatic carbocycles. The van der Waals surface area contributed by atoms with E-state index in [9.17, 15) is 9.59 Å². The lowest BCUT2D eigenvalue weighted by atomic mass is 10.0. The summed E-state index contributed by atoms with van der Waals surface area (Å²) in [5, 5.41) is 12.5. The molecule has 4 rings (SSSR count). The van der Waals surface area contributed by atoms with E-state index in [0.29, 0.717) is 24.3 Å². The second-order valence-corrected chi connectivity index (χ2v) is 6.26. The van der Waals surface area contributed by atoms with E-state index in [1.54, 1.807) is 18.3 Å². The first kappa shape index (κ1) is 16.8. The lowest BCUT2D eigenvalue weighted by molar-refractivity contribution is -0.118. The van der Waals surface area contributed by atoms with Crippen molar-refractivity contribution < 1.29 is 14.3 Å². The molecule has 7 nitrogen and oxygen atoms in total. The van der Waals surface area contributed by atoms with E-state index in [1.807, 2.05) is 36.4 Å². The predicted molar refractivity (Wildman–Crippen MR) is 102 cm³/mol. The van der Waals surface area contributed by atoms with Gasteiger partial charge in [0.05, 0.1) is 5.69 Å². The maximum atomic E-state index is 12.2. The highest BCUT2D eigenvalue weighted by atomic mass is 16.5. The molecule has 27 heavy (non-hydrogen) atoms. The summed E-state index contributed by atoms with van der Waals surface area (Å²) in [7, 11) is 0. The monoisotopic (exact) mass is 362 g/mol. The molecule has 0 aliphatic carbocycles. The third-order valence-corrected chi connectivity index (χ3v) is 4.30. The molecule has 136 valence electrons. The van der Waals surface area contributed by atoms with Gasteiger partial charge in [-0.3, -0.25) is 14.7 Å². The average Bonchev–Trinajstić information content (AvgIpc) is 3.21. The summed E-state index contributed by atoms with van der Waals surface area (Å²) in [5.41, 5.74) is 4.31. The molecule has 0 fully saturated rings. The van der Waals surface area contributed by atoms with Crippen molar-refractivity contribution in [1.82, 2.24) is 10.2 Å². The third kappa shape index (κ3) is 3.98. The second kappa shape index (κ2) is 7.33. The predicted octanol–water partition coefficient (Wildman–Crippen LogP) is 2.98. The first-order valence-electron chi connectivity index (χ1n) is 8.62. The van der Waals surface area contributed by atoms with Crippen LogP contribution in [-0.2, 0) is 16.0 Å². The van der Waals surface area contributed by atoms with Crippen LogP contribution in [0.2, 0.25) is 0 Å². The number of H-pyrrole nitrogens is 1. The van der Waals surface area contributed by atoms with Crippen LogP contribution in [0.15, 0.2) is 54.7 Å². The standard InChI is InChI=1S/C20H18N4O3/c25-19-7-4-14-11-16(5-6-17(14)23-19)27-12-20(26)22-15-3-1-2-13(10-15)18-8-9-21-24-18/h1-3,5-6,8-11H,4,7,12H2,(H,21,24)(H,22,26)(H,23,25). The number of ether oxygens (including phenoxy) is 1. The van der Waals surface area contributed by atoms with Crippen LogP contribution < -0.4 is 15.4 Å². The molecule has 1 aromatic heterocycles. The van der Waals surface area contributed by atoms with Crippen LogP contribution in [0.3, 0.4) is 0 Å². The number of aromatic nitrogens is 2. The molecular weight excluding hydrogens is 344 g/mol.